The molecule has 28 heavy (non-hydrogen) atoms. The smallest absolute Gasteiger partial charge is 0.254 e. The first kappa shape index (κ1) is 22.5. The molecule has 1 aromatic heterocycles. The Morgan fingerprint density at radius 3 is 2.61 bits per heavy atom. The average Bonchev–Trinajstić information content (AvgIpc) is 3.33. The monoisotopic (exact) mass is 429 g/mol. The maximum atomic E-state index is 14.6. The Morgan fingerprint density at radius 2 is 1.96 bits per heavy atom. The second-order valence-corrected chi connectivity index (χ2v) is 6.98. The summed E-state index contributed by atoms with van der Waals surface area (Å²) in [6.45, 7) is 3.70. The van der Waals surface area contributed by atoms with Crippen LogP contribution in [0.2, 0.25) is 0 Å². The van der Waals surface area contributed by atoms with Gasteiger partial charge in [-0.15, -0.1) is 24.8 Å². The van der Waals surface area contributed by atoms with Crippen LogP contribution >= 0.6 is 24.8 Å². The van der Waals surface area contributed by atoms with E-state index in [0.717, 1.165) is 38.3 Å². The molecule has 3 heterocycles. The van der Waals surface area contributed by atoms with E-state index in [-0.39, 0.29) is 42.6 Å². The van der Waals surface area contributed by atoms with Crippen molar-refractivity contribution in [1.29, 1.82) is 0 Å². The van der Waals surface area contributed by atoms with Gasteiger partial charge in [0.1, 0.15) is 17.7 Å². The van der Waals surface area contributed by atoms with E-state index in [1.807, 2.05) is 22.7 Å². The van der Waals surface area contributed by atoms with Crippen molar-refractivity contribution in [2.75, 3.05) is 37.6 Å². The minimum absolute atomic E-state index is 0. The predicted octanol–water partition coefficient (Wildman–Crippen LogP) is 2.79. The molecule has 1 amide bonds. The summed E-state index contributed by atoms with van der Waals surface area (Å²) in [6.07, 6.45) is 5.78. The highest BCUT2D eigenvalue weighted by atomic mass is 35.5. The molecule has 2 aromatic rings. The van der Waals surface area contributed by atoms with E-state index >= 15 is 0 Å². The van der Waals surface area contributed by atoms with Crippen LogP contribution in [-0.4, -0.2) is 53.1 Å². The van der Waals surface area contributed by atoms with Gasteiger partial charge >= 0.3 is 0 Å². The molecule has 1 N–H and O–H groups in total. The lowest BCUT2D eigenvalue weighted by molar-refractivity contribution is 0.0620. The summed E-state index contributed by atoms with van der Waals surface area (Å²) >= 11 is 0. The molecular formula is C19H26Cl2FN5O. The summed E-state index contributed by atoms with van der Waals surface area (Å²) in [5, 5.41) is 3.32. The minimum atomic E-state index is -0.318. The van der Waals surface area contributed by atoms with Crippen molar-refractivity contribution in [2.45, 2.75) is 18.9 Å². The Kier molecular flexibility index (Phi) is 7.69. The van der Waals surface area contributed by atoms with Crippen molar-refractivity contribution in [2.24, 2.45) is 7.05 Å². The predicted molar refractivity (Wildman–Crippen MR) is 112 cm³/mol. The van der Waals surface area contributed by atoms with Gasteiger partial charge in [-0.2, -0.15) is 0 Å². The molecule has 154 valence electrons. The summed E-state index contributed by atoms with van der Waals surface area (Å²) in [6, 6.07) is 4.72. The van der Waals surface area contributed by atoms with Crippen molar-refractivity contribution in [3.8, 4) is 0 Å². The summed E-state index contributed by atoms with van der Waals surface area (Å²) < 4.78 is 16.5. The molecule has 4 rings (SSSR count). The molecular weight excluding hydrogens is 404 g/mol. The van der Waals surface area contributed by atoms with Gasteiger partial charge in [-0.1, -0.05) is 0 Å². The van der Waals surface area contributed by atoms with Crippen molar-refractivity contribution in [3.63, 3.8) is 0 Å². The molecule has 2 aliphatic heterocycles. The molecule has 0 saturated carbocycles. The number of nitrogens with one attached hydrogen (secondary N) is 1. The number of nitrogens with zero attached hydrogens (tertiary/aromatic N) is 4. The number of carbonyl (C=O) groups is 1. The minimum Gasteiger partial charge on any atom is -0.369 e. The number of hydrogen-bond donors (Lipinski definition) is 1. The topological polar surface area (TPSA) is 53.4 Å². The summed E-state index contributed by atoms with van der Waals surface area (Å²) in [5.74, 6) is 0.368. The Bertz CT molecular complexity index is 809. The van der Waals surface area contributed by atoms with Gasteiger partial charge in [-0.05, 0) is 31.0 Å². The van der Waals surface area contributed by atoms with E-state index in [1.165, 1.54) is 6.07 Å². The normalized spacial score (nSPS) is 19.1. The summed E-state index contributed by atoms with van der Waals surface area (Å²) in [4.78, 5) is 21.3. The van der Waals surface area contributed by atoms with Crippen LogP contribution in [0.15, 0.2) is 30.6 Å². The molecule has 0 spiro atoms. The zero-order valence-electron chi connectivity index (χ0n) is 15.8. The van der Waals surface area contributed by atoms with Gasteiger partial charge in [0, 0.05) is 57.7 Å². The molecule has 0 aliphatic carbocycles. The molecule has 0 bridgehead atoms. The Morgan fingerprint density at radius 1 is 1.21 bits per heavy atom. The fourth-order valence-corrected chi connectivity index (χ4v) is 3.90. The van der Waals surface area contributed by atoms with Gasteiger partial charge in [-0.25, -0.2) is 9.37 Å². The number of halogens is 3. The van der Waals surface area contributed by atoms with Crippen molar-refractivity contribution < 1.29 is 9.18 Å². The van der Waals surface area contributed by atoms with Gasteiger partial charge in [0.2, 0.25) is 0 Å². The molecule has 1 aromatic carbocycles. The number of aromatic nitrogens is 2. The van der Waals surface area contributed by atoms with Gasteiger partial charge in [0.05, 0.1) is 5.69 Å². The zero-order chi connectivity index (χ0) is 18.1. The van der Waals surface area contributed by atoms with Crippen molar-refractivity contribution in [1.82, 2.24) is 19.8 Å². The number of benzene rings is 1. The fraction of sp³-hybridized carbons (Fsp3) is 0.474. The van der Waals surface area contributed by atoms with E-state index in [0.29, 0.717) is 24.3 Å². The van der Waals surface area contributed by atoms with Crippen LogP contribution in [0.4, 0.5) is 10.1 Å². The van der Waals surface area contributed by atoms with Crippen molar-refractivity contribution >= 4 is 36.4 Å². The van der Waals surface area contributed by atoms with Crippen molar-refractivity contribution in [3.05, 3.63) is 47.8 Å². The molecule has 2 fully saturated rings. The van der Waals surface area contributed by atoms with Gasteiger partial charge in [0.25, 0.3) is 5.91 Å². The number of piperazine rings is 1. The third kappa shape index (κ3) is 4.26. The molecule has 6 nitrogen and oxygen atoms in total. The molecule has 2 aliphatic rings. The average molecular weight is 430 g/mol. The maximum Gasteiger partial charge on any atom is 0.254 e. The summed E-state index contributed by atoms with van der Waals surface area (Å²) in [7, 11) is 1.92. The summed E-state index contributed by atoms with van der Waals surface area (Å²) in [5.41, 5.74) is 0.992. The molecule has 0 radical (unpaired) electrons. The SMILES string of the molecule is Cl.Cl.Cn1ccnc1C1CNCCN1C(=O)c1ccc(N2CCCC2)c(F)c1. The Hall–Kier alpha value is -1.83. The fourth-order valence-electron chi connectivity index (χ4n) is 3.90. The number of rotatable bonds is 3. The number of anilines is 1. The number of aryl methyl sites for hydroxylation is 1. The van der Waals surface area contributed by atoms with E-state index in [2.05, 4.69) is 10.3 Å². The molecule has 1 atom stereocenters. The lowest BCUT2D eigenvalue weighted by Gasteiger charge is -2.36. The Balaban J connectivity index is 0.00000140. The van der Waals surface area contributed by atoms with E-state index in [4.69, 9.17) is 0 Å². The number of hydrogen-bond acceptors (Lipinski definition) is 4. The molecule has 2 saturated heterocycles. The highest BCUT2D eigenvalue weighted by molar-refractivity contribution is 5.95. The third-order valence-corrected chi connectivity index (χ3v) is 5.30. The van der Waals surface area contributed by atoms with Crippen LogP contribution in [0.5, 0.6) is 0 Å². The second-order valence-electron chi connectivity index (χ2n) is 6.98. The van der Waals surface area contributed by atoms with E-state index < -0.39 is 0 Å². The van der Waals surface area contributed by atoms with Crippen LogP contribution in [-0.2, 0) is 7.05 Å². The largest absolute Gasteiger partial charge is 0.369 e. The first-order chi connectivity index (χ1) is 12.6. The highest BCUT2D eigenvalue weighted by Crippen LogP contribution is 2.27. The second kappa shape index (κ2) is 9.58. The lowest BCUT2D eigenvalue weighted by Crippen LogP contribution is -2.49. The lowest BCUT2D eigenvalue weighted by atomic mass is 10.1. The van der Waals surface area contributed by atoms with Gasteiger partial charge in [0.15, 0.2) is 0 Å². The number of amides is 1. The first-order valence-corrected chi connectivity index (χ1v) is 9.18. The van der Waals surface area contributed by atoms with Crippen LogP contribution in [0, 0.1) is 5.82 Å². The number of imidazole rings is 1. The van der Waals surface area contributed by atoms with Crippen LogP contribution < -0.4 is 10.2 Å². The third-order valence-electron chi connectivity index (χ3n) is 5.30. The van der Waals surface area contributed by atoms with Gasteiger partial charge in [-0.3, -0.25) is 4.79 Å². The first-order valence-electron chi connectivity index (χ1n) is 9.18. The molecule has 1 unspecified atom stereocenters. The van der Waals surface area contributed by atoms with Crippen LogP contribution in [0.3, 0.4) is 0 Å². The zero-order valence-corrected chi connectivity index (χ0v) is 17.4. The van der Waals surface area contributed by atoms with Crippen LogP contribution in [0.1, 0.15) is 35.1 Å². The van der Waals surface area contributed by atoms with E-state index in [1.54, 1.807) is 23.2 Å². The Labute approximate surface area is 176 Å². The van der Waals surface area contributed by atoms with Crippen LogP contribution in [0.25, 0.3) is 0 Å². The number of carbonyl (C=O) groups excluding carboxylic acids is 1. The highest BCUT2D eigenvalue weighted by Gasteiger charge is 2.31. The van der Waals surface area contributed by atoms with Gasteiger partial charge < -0.3 is 19.7 Å². The standard InChI is InChI=1S/C19H24FN5O.2ClH/c1-23-10-7-22-18(23)17-13-21-6-11-25(17)19(26)14-4-5-16(15(20)12-14)24-8-2-3-9-24;;/h4-5,7,10,12,17,21H,2-3,6,8-9,11,13H2,1H3;2*1H. The van der Waals surface area contributed by atoms with E-state index in [9.17, 15) is 9.18 Å². The molecule has 9 heteroatoms. The quantitative estimate of drug-likeness (QED) is 0.814. The maximum absolute atomic E-state index is 14.6.